The summed E-state index contributed by atoms with van der Waals surface area (Å²) >= 11 is 0. The zero-order chi connectivity index (χ0) is 18.2. The molecule has 0 unspecified atom stereocenters. The van der Waals surface area contributed by atoms with Crippen molar-refractivity contribution in [2.75, 3.05) is 20.7 Å². The fourth-order valence-corrected chi connectivity index (χ4v) is 2.36. The van der Waals surface area contributed by atoms with E-state index in [2.05, 4.69) is 10.3 Å². The van der Waals surface area contributed by atoms with Crippen molar-refractivity contribution in [3.8, 4) is 5.75 Å². The number of nitrogens with one attached hydrogen (secondary N) is 1. The van der Waals surface area contributed by atoms with Gasteiger partial charge in [0, 0.05) is 20.6 Å². The van der Waals surface area contributed by atoms with Crippen molar-refractivity contribution in [3.05, 3.63) is 53.5 Å². The summed E-state index contributed by atoms with van der Waals surface area (Å²) in [6.45, 7) is 3.72. The number of amides is 1. The number of primary amides is 1. The molecule has 7 nitrogen and oxygen atoms in total. The maximum atomic E-state index is 11.1. The zero-order valence-corrected chi connectivity index (χ0v) is 14.8. The lowest BCUT2D eigenvalue weighted by Crippen LogP contribution is -2.37. The zero-order valence-electron chi connectivity index (χ0n) is 14.8. The van der Waals surface area contributed by atoms with Crippen molar-refractivity contribution in [3.63, 3.8) is 0 Å². The molecule has 1 amide bonds. The van der Waals surface area contributed by atoms with E-state index in [1.807, 2.05) is 43.1 Å². The van der Waals surface area contributed by atoms with E-state index in [1.54, 1.807) is 19.2 Å². The number of aliphatic imine (C=N–C) groups is 1. The summed E-state index contributed by atoms with van der Waals surface area (Å²) in [5, 5.41) is 3.20. The lowest BCUT2D eigenvalue weighted by Gasteiger charge is -2.22. The third kappa shape index (κ3) is 5.27. The summed E-state index contributed by atoms with van der Waals surface area (Å²) in [4.78, 5) is 17.3. The first-order chi connectivity index (χ1) is 12.0. The molecule has 0 saturated carbocycles. The number of hydrogen-bond donors (Lipinski definition) is 2. The molecule has 0 spiro atoms. The van der Waals surface area contributed by atoms with Crippen LogP contribution in [0.1, 0.15) is 28.8 Å². The maximum Gasteiger partial charge on any atom is 0.284 e. The Morgan fingerprint density at radius 2 is 2.00 bits per heavy atom. The molecule has 0 atom stereocenters. The van der Waals surface area contributed by atoms with Crippen molar-refractivity contribution in [2.45, 2.75) is 20.0 Å². The largest absolute Gasteiger partial charge is 0.494 e. The number of nitrogens with two attached hydrogens (primary N) is 1. The molecule has 2 rings (SSSR count). The Labute approximate surface area is 147 Å². The summed E-state index contributed by atoms with van der Waals surface area (Å²) in [6.07, 6.45) is 0. The van der Waals surface area contributed by atoms with Crippen LogP contribution < -0.4 is 15.8 Å². The highest BCUT2D eigenvalue weighted by Gasteiger charge is 2.10. The van der Waals surface area contributed by atoms with Crippen LogP contribution in [0.15, 0.2) is 45.8 Å². The van der Waals surface area contributed by atoms with Gasteiger partial charge in [0.05, 0.1) is 13.2 Å². The van der Waals surface area contributed by atoms with Gasteiger partial charge in [0.1, 0.15) is 11.5 Å². The molecular weight excluding hydrogens is 320 g/mol. The first kappa shape index (κ1) is 18.4. The molecule has 134 valence electrons. The number of furan rings is 1. The molecule has 3 N–H and O–H groups in total. The Morgan fingerprint density at radius 3 is 2.56 bits per heavy atom. The predicted molar refractivity (Wildman–Crippen MR) is 96.5 cm³/mol. The number of guanidine groups is 1. The Balaban J connectivity index is 1.91. The lowest BCUT2D eigenvalue weighted by molar-refractivity contribution is 0.0972. The van der Waals surface area contributed by atoms with Gasteiger partial charge in [-0.15, -0.1) is 0 Å². The van der Waals surface area contributed by atoms with Crippen LogP contribution in [-0.4, -0.2) is 37.5 Å². The smallest absolute Gasteiger partial charge is 0.284 e. The SMILES string of the molecule is CCOc1ccc(CN(C)C(=NC)NCc2ccc(C(N)=O)o2)cc1. The monoisotopic (exact) mass is 344 g/mol. The topological polar surface area (TPSA) is 93.1 Å². The number of benzene rings is 1. The molecule has 7 heteroatoms. The molecule has 2 aromatic rings. The van der Waals surface area contributed by atoms with E-state index >= 15 is 0 Å². The summed E-state index contributed by atoms with van der Waals surface area (Å²) in [5.41, 5.74) is 6.32. The Morgan fingerprint density at radius 1 is 1.28 bits per heavy atom. The Hall–Kier alpha value is -2.96. The van der Waals surface area contributed by atoms with Gasteiger partial charge in [-0.3, -0.25) is 9.79 Å². The highest BCUT2D eigenvalue weighted by atomic mass is 16.5. The highest BCUT2D eigenvalue weighted by molar-refractivity contribution is 5.89. The van der Waals surface area contributed by atoms with E-state index in [0.29, 0.717) is 31.4 Å². The number of hydrogen-bond acceptors (Lipinski definition) is 4. The number of nitrogens with zero attached hydrogens (tertiary/aromatic N) is 2. The number of carbonyl (C=O) groups is 1. The average Bonchev–Trinajstić information content (AvgIpc) is 3.07. The van der Waals surface area contributed by atoms with Gasteiger partial charge in [0.25, 0.3) is 5.91 Å². The van der Waals surface area contributed by atoms with E-state index < -0.39 is 5.91 Å². The fourth-order valence-electron chi connectivity index (χ4n) is 2.36. The summed E-state index contributed by atoms with van der Waals surface area (Å²) in [7, 11) is 3.66. The normalized spacial score (nSPS) is 11.2. The highest BCUT2D eigenvalue weighted by Crippen LogP contribution is 2.13. The third-order valence-electron chi connectivity index (χ3n) is 3.55. The molecule has 0 bridgehead atoms. The van der Waals surface area contributed by atoms with Crippen molar-refractivity contribution in [1.29, 1.82) is 0 Å². The van der Waals surface area contributed by atoms with E-state index in [9.17, 15) is 4.79 Å². The lowest BCUT2D eigenvalue weighted by atomic mass is 10.2. The van der Waals surface area contributed by atoms with Crippen LogP contribution in [0.3, 0.4) is 0 Å². The van der Waals surface area contributed by atoms with Gasteiger partial charge < -0.3 is 25.1 Å². The van der Waals surface area contributed by atoms with Gasteiger partial charge in [-0.2, -0.15) is 0 Å². The van der Waals surface area contributed by atoms with Crippen LogP contribution in [0.5, 0.6) is 5.75 Å². The van der Waals surface area contributed by atoms with E-state index in [4.69, 9.17) is 14.9 Å². The molecule has 1 aromatic carbocycles. The second kappa shape index (κ2) is 8.77. The first-order valence-corrected chi connectivity index (χ1v) is 8.05. The second-order valence-corrected chi connectivity index (χ2v) is 5.46. The minimum absolute atomic E-state index is 0.148. The summed E-state index contributed by atoms with van der Waals surface area (Å²) in [5.74, 6) is 1.76. The molecule has 0 radical (unpaired) electrons. The van der Waals surface area contributed by atoms with Crippen molar-refractivity contribution >= 4 is 11.9 Å². The van der Waals surface area contributed by atoms with Gasteiger partial charge in [0.2, 0.25) is 0 Å². The Kier molecular flexibility index (Phi) is 6.45. The van der Waals surface area contributed by atoms with Gasteiger partial charge in [0.15, 0.2) is 11.7 Å². The van der Waals surface area contributed by atoms with E-state index in [0.717, 1.165) is 11.3 Å². The predicted octanol–water partition coefficient (Wildman–Crippen LogP) is 1.98. The third-order valence-corrected chi connectivity index (χ3v) is 3.55. The van der Waals surface area contributed by atoms with Crippen LogP contribution in [0.25, 0.3) is 0 Å². The van der Waals surface area contributed by atoms with Crippen LogP contribution in [0, 0.1) is 0 Å². The molecule has 1 heterocycles. The van der Waals surface area contributed by atoms with Crippen molar-refractivity contribution in [1.82, 2.24) is 10.2 Å². The average molecular weight is 344 g/mol. The van der Waals surface area contributed by atoms with Crippen LogP contribution in [0.2, 0.25) is 0 Å². The summed E-state index contributed by atoms with van der Waals surface area (Å²) < 4.78 is 10.8. The Bertz CT molecular complexity index is 722. The van der Waals surface area contributed by atoms with Crippen molar-refractivity contribution in [2.24, 2.45) is 10.7 Å². The van der Waals surface area contributed by atoms with Gasteiger partial charge in [-0.25, -0.2) is 0 Å². The van der Waals surface area contributed by atoms with Crippen LogP contribution >= 0.6 is 0 Å². The summed E-state index contributed by atoms with van der Waals surface area (Å²) in [6, 6.07) is 11.2. The first-order valence-electron chi connectivity index (χ1n) is 8.05. The molecule has 0 aliphatic carbocycles. The second-order valence-electron chi connectivity index (χ2n) is 5.46. The molecular formula is C18H24N4O3. The van der Waals surface area contributed by atoms with Gasteiger partial charge in [-0.1, -0.05) is 12.1 Å². The fraction of sp³-hybridized carbons (Fsp3) is 0.333. The van der Waals surface area contributed by atoms with Gasteiger partial charge in [-0.05, 0) is 36.8 Å². The van der Waals surface area contributed by atoms with E-state index in [-0.39, 0.29) is 5.76 Å². The minimum Gasteiger partial charge on any atom is -0.494 e. The minimum atomic E-state index is -0.580. The van der Waals surface area contributed by atoms with Gasteiger partial charge >= 0.3 is 0 Å². The quantitative estimate of drug-likeness (QED) is 0.592. The maximum absolute atomic E-state index is 11.1. The molecule has 0 saturated heterocycles. The number of carbonyl (C=O) groups excluding carboxylic acids is 1. The molecule has 25 heavy (non-hydrogen) atoms. The van der Waals surface area contributed by atoms with Crippen LogP contribution in [0.4, 0.5) is 0 Å². The number of ether oxygens (including phenoxy) is 1. The standard InChI is InChI=1S/C18H24N4O3/c1-4-24-14-7-5-13(6-8-14)12-22(3)18(20-2)21-11-15-9-10-16(25-15)17(19)23/h5-10H,4,11-12H2,1-3H3,(H2,19,23)(H,20,21). The van der Waals surface area contributed by atoms with Crippen molar-refractivity contribution < 1.29 is 13.9 Å². The number of rotatable bonds is 7. The van der Waals surface area contributed by atoms with E-state index in [1.165, 1.54) is 0 Å². The molecule has 0 fully saturated rings. The molecule has 0 aliphatic heterocycles. The molecule has 1 aromatic heterocycles. The molecule has 0 aliphatic rings. The van der Waals surface area contributed by atoms with Crippen LogP contribution in [-0.2, 0) is 13.1 Å².